The summed E-state index contributed by atoms with van der Waals surface area (Å²) >= 11 is 0. The van der Waals surface area contributed by atoms with Gasteiger partial charge in [-0.25, -0.2) is 0 Å². The van der Waals surface area contributed by atoms with E-state index in [4.69, 9.17) is 9.97 Å². The highest BCUT2D eigenvalue weighted by Crippen LogP contribution is 2.40. The summed E-state index contributed by atoms with van der Waals surface area (Å²) in [4.78, 5) is 12.9. The molecule has 20 heteroatoms. The van der Waals surface area contributed by atoms with Crippen LogP contribution in [0.1, 0.15) is 34.2 Å². The fourth-order valence-corrected chi connectivity index (χ4v) is 10.8. The van der Waals surface area contributed by atoms with Gasteiger partial charge in [0.2, 0.25) is 0 Å². The molecule has 2 aromatic heterocycles. The quantitative estimate of drug-likeness (QED) is 0.0957. The number of aromatic amines is 1. The third-order valence-electron chi connectivity index (χ3n) is 11.9. The second-order valence-electron chi connectivity index (χ2n) is 15.7. The van der Waals surface area contributed by atoms with Crippen LogP contribution in [0.3, 0.4) is 0 Å². The van der Waals surface area contributed by atoms with E-state index in [-0.39, 0.29) is 19.6 Å². The van der Waals surface area contributed by atoms with Gasteiger partial charge in [-0.1, -0.05) is 48.5 Å². The summed E-state index contributed by atoms with van der Waals surface area (Å²) < 4.78 is 138. The van der Waals surface area contributed by atoms with Crippen molar-refractivity contribution < 1.29 is 51.9 Å². The first-order valence-electron chi connectivity index (χ1n) is 20.0. The van der Waals surface area contributed by atoms with Crippen LogP contribution in [-0.4, -0.2) is 71.4 Å². The van der Waals surface area contributed by atoms with Gasteiger partial charge in [-0.2, -0.15) is 33.7 Å². The molecule has 0 saturated carbocycles. The maximum absolute atomic E-state index is 12.1. The molecule has 3 aliphatic rings. The van der Waals surface area contributed by atoms with E-state index in [0.29, 0.717) is 117 Å². The van der Waals surface area contributed by atoms with Gasteiger partial charge < -0.3 is 9.55 Å². The zero-order valence-corrected chi connectivity index (χ0v) is 37.4. The highest BCUT2D eigenvalue weighted by molar-refractivity contribution is 7.86. The third kappa shape index (κ3) is 8.50. The van der Waals surface area contributed by atoms with Gasteiger partial charge >= 0.3 is 0 Å². The molecular formula is C45H38N4O12S4. The maximum Gasteiger partial charge on any atom is 0.294 e. The molecule has 65 heavy (non-hydrogen) atoms. The number of nitrogens with zero attached hydrogens (tertiary/aromatic N) is 3. The average Bonchev–Trinajstić information content (AvgIpc) is 4.09. The Morgan fingerprint density at radius 1 is 0.385 bits per heavy atom. The summed E-state index contributed by atoms with van der Waals surface area (Å²) in [5.74, 6) is 0. The fraction of sp³-hybridized carbons (Fsp3) is 0.156. The normalized spacial score (nSPS) is 14.0. The van der Waals surface area contributed by atoms with Crippen LogP contribution in [0.4, 0.5) is 0 Å². The predicted molar refractivity (Wildman–Crippen MR) is 240 cm³/mol. The lowest BCUT2D eigenvalue weighted by Gasteiger charge is -2.13. The minimum Gasteiger partial charge on any atom is -0.354 e. The Balaban J connectivity index is 1.44. The minimum atomic E-state index is -4.52. The fourth-order valence-electron chi connectivity index (χ4n) is 8.88. The summed E-state index contributed by atoms with van der Waals surface area (Å²) in [6.45, 7) is 0. The maximum atomic E-state index is 12.1. The highest BCUT2D eigenvalue weighted by Gasteiger charge is 2.28. The third-order valence-corrected chi connectivity index (χ3v) is 15.3. The van der Waals surface area contributed by atoms with E-state index >= 15 is 0 Å². The minimum absolute atomic E-state index is 0.292. The molecule has 0 atom stereocenters. The molecule has 9 rings (SSSR count). The average molecular weight is 955 g/mol. The van der Waals surface area contributed by atoms with Crippen molar-refractivity contribution in [2.45, 2.75) is 58.1 Å². The van der Waals surface area contributed by atoms with E-state index in [0.717, 1.165) is 11.4 Å². The summed E-state index contributed by atoms with van der Waals surface area (Å²) in [5, 5.41) is 0. The SMILES string of the molecule is Cn1c2c(-c3ccc(S(=O)(=O)O)cc3)c3nc(c(-c4ccc(S(=O)(=O)O)cc4)c4ccc([nH]4)c(-c4ccc(S(=O)(=O)O)cc4)c4nc(c(-c5ccc(S(=O)(=O)O)cc5)c1CC2)CC4)CC3. The molecule has 4 aromatic carbocycles. The van der Waals surface area contributed by atoms with E-state index < -0.39 is 40.5 Å². The molecule has 0 aliphatic carbocycles. The van der Waals surface area contributed by atoms with Gasteiger partial charge in [-0.05, 0) is 121 Å². The molecule has 334 valence electrons. The molecule has 5 N–H and O–H groups in total. The number of benzene rings is 4. The number of aromatic nitrogens is 4. The molecule has 16 nitrogen and oxygen atoms in total. The lowest BCUT2D eigenvalue weighted by atomic mass is 9.97. The van der Waals surface area contributed by atoms with Crippen molar-refractivity contribution >= 4 is 51.5 Å². The van der Waals surface area contributed by atoms with Crippen molar-refractivity contribution in [1.29, 1.82) is 0 Å². The smallest absolute Gasteiger partial charge is 0.294 e. The lowest BCUT2D eigenvalue weighted by Crippen LogP contribution is -2.03. The zero-order valence-electron chi connectivity index (χ0n) is 34.2. The van der Waals surface area contributed by atoms with Crippen LogP contribution in [0.5, 0.6) is 0 Å². The Morgan fingerprint density at radius 3 is 0.892 bits per heavy atom. The first-order valence-corrected chi connectivity index (χ1v) is 25.7. The van der Waals surface area contributed by atoms with E-state index in [9.17, 15) is 51.9 Å². The summed E-state index contributed by atoms with van der Waals surface area (Å²) in [7, 11) is -16.2. The Labute approximate surface area is 374 Å². The first-order chi connectivity index (χ1) is 30.6. The van der Waals surface area contributed by atoms with E-state index in [1.807, 2.05) is 23.7 Å². The van der Waals surface area contributed by atoms with Gasteiger partial charge in [-0.3, -0.25) is 28.2 Å². The molecule has 8 bridgehead atoms. The molecule has 0 amide bonds. The first kappa shape index (κ1) is 44.1. The van der Waals surface area contributed by atoms with Crippen LogP contribution in [0.15, 0.2) is 129 Å². The number of hydrogen-bond acceptors (Lipinski definition) is 10. The second-order valence-corrected chi connectivity index (χ2v) is 21.4. The summed E-state index contributed by atoms with van der Waals surface area (Å²) in [6.07, 6.45) is 2.64. The lowest BCUT2D eigenvalue weighted by molar-refractivity contribution is 0.481. The topological polar surface area (TPSA) is 264 Å². The molecule has 3 aliphatic heterocycles. The van der Waals surface area contributed by atoms with Crippen LogP contribution < -0.4 is 0 Å². The van der Waals surface area contributed by atoms with Crippen molar-refractivity contribution in [3.8, 4) is 44.5 Å². The molecular weight excluding hydrogens is 917 g/mol. The van der Waals surface area contributed by atoms with Gasteiger partial charge in [0.15, 0.2) is 0 Å². The van der Waals surface area contributed by atoms with Gasteiger partial charge in [0.05, 0.1) is 42.4 Å². The van der Waals surface area contributed by atoms with Crippen LogP contribution in [0, 0.1) is 0 Å². The Hall–Kier alpha value is -6.10. The largest absolute Gasteiger partial charge is 0.354 e. The van der Waals surface area contributed by atoms with E-state index in [1.165, 1.54) is 48.5 Å². The molecule has 0 spiro atoms. The molecule has 0 unspecified atom stereocenters. The number of nitrogens with one attached hydrogen (secondary N) is 1. The monoisotopic (exact) mass is 954 g/mol. The predicted octanol–water partition coefficient (Wildman–Crippen LogP) is 7.06. The van der Waals surface area contributed by atoms with E-state index in [1.54, 1.807) is 48.5 Å². The summed E-state index contributed by atoms with van der Waals surface area (Å²) in [6, 6.07) is 26.8. The molecule has 0 fully saturated rings. The number of aryl methyl sites for hydroxylation is 4. The van der Waals surface area contributed by atoms with Crippen LogP contribution >= 0.6 is 0 Å². The van der Waals surface area contributed by atoms with Crippen molar-refractivity contribution in [2.24, 2.45) is 7.05 Å². The van der Waals surface area contributed by atoms with Crippen LogP contribution in [0.2, 0.25) is 0 Å². The van der Waals surface area contributed by atoms with Crippen LogP contribution in [-0.2, 0) is 86.0 Å². The highest BCUT2D eigenvalue weighted by atomic mass is 32.2. The Kier molecular flexibility index (Phi) is 10.9. The zero-order chi connectivity index (χ0) is 46.2. The van der Waals surface area contributed by atoms with Crippen molar-refractivity contribution in [1.82, 2.24) is 19.5 Å². The number of H-pyrrole nitrogens is 1. The van der Waals surface area contributed by atoms with Crippen molar-refractivity contribution in [2.75, 3.05) is 0 Å². The number of rotatable bonds is 8. The Morgan fingerprint density at radius 2 is 0.631 bits per heavy atom. The molecule has 0 radical (unpaired) electrons. The summed E-state index contributed by atoms with van der Waals surface area (Å²) in [5.41, 5.74) is 10.4. The molecule has 6 aromatic rings. The molecule has 0 saturated heterocycles. The van der Waals surface area contributed by atoms with Gasteiger partial charge in [0.25, 0.3) is 40.5 Å². The van der Waals surface area contributed by atoms with E-state index in [2.05, 4.69) is 4.98 Å². The van der Waals surface area contributed by atoms with Crippen molar-refractivity contribution in [3.05, 3.63) is 143 Å². The second kappa shape index (κ2) is 16.1. The number of hydrogen-bond donors (Lipinski definition) is 5. The number of fused-ring (bicyclic) bond motifs is 8. The molecule has 5 heterocycles. The Bertz CT molecular complexity index is 3390. The van der Waals surface area contributed by atoms with Crippen LogP contribution in [0.25, 0.3) is 55.5 Å². The van der Waals surface area contributed by atoms with Gasteiger partial charge in [0, 0.05) is 51.7 Å². The standard InChI is InChI=1S/C45H38N4O12S4/c1-49-40-24-25-41(49)45(29-8-16-33(17-9-29)65(59,60)61)39-23-21-37(48-39)43(27-4-12-31(13-5-27)63(53,54)55)35-19-18-34(46-35)42(26-2-10-30(11-3-26)62(50,51)52)36-20-22-38(47-36)44(40)28-6-14-32(15-7-28)64(56,57)58/h2-19,46H,20-25H2,1H3,(H,50,51,52)(H,53,54,55)(H,56,57,58)(H,59,60,61). The van der Waals surface area contributed by atoms with Gasteiger partial charge in [0.1, 0.15) is 0 Å². The van der Waals surface area contributed by atoms with Gasteiger partial charge in [-0.15, -0.1) is 0 Å². The van der Waals surface area contributed by atoms with Crippen molar-refractivity contribution in [3.63, 3.8) is 0 Å².